The second-order valence-electron chi connectivity index (χ2n) is 3.99. The molecule has 1 rings (SSSR count). The van der Waals surface area contributed by atoms with Gasteiger partial charge in [0.1, 0.15) is 10.6 Å². The van der Waals surface area contributed by atoms with Crippen molar-refractivity contribution >= 4 is 15.9 Å². The molecule has 18 heavy (non-hydrogen) atoms. The van der Waals surface area contributed by atoms with Crippen molar-refractivity contribution in [2.24, 2.45) is 5.14 Å². The standard InChI is InChI=1S/C10H17N3O4S/c1-12(2)10(14)9-6-8(18(11,15)16)7-13(9)4-5-17-3/h6-7H,4-5H2,1-3H3,(H2,11,15,16). The van der Waals surface area contributed by atoms with E-state index >= 15 is 0 Å². The molecule has 0 aliphatic carbocycles. The summed E-state index contributed by atoms with van der Waals surface area (Å²) >= 11 is 0. The van der Waals surface area contributed by atoms with Crippen LogP contribution in [0.15, 0.2) is 17.2 Å². The van der Waals surface area contributed by atoms with Gasteiger partial charge in [-0.25, -0.2) is 13.6 Å². The maximum atomic E-state index is 11.9. The number of methoxy groups -OCH3 is 1. The van der Waals surface area contributed by atoms with Crippen molar-refractivity contribution in [3.05, 3.63) is 18.0 Å². The lowest BCUT2D eigenvalue weighted by Gasteiger charge is -2.12. The van der Waals surface area contributed by atoms with Gasteiger partial charge in [0.05, 0.1) is 6.61 Å². The van der Waals surface area contributed by atoms with Gasteiger partial charge >= 0.3 is 0 Å². The summed E-state index contributed by atoms with van der Waals surface area (Å²) in [5, 5.41) is 5.05. The zero-order valence-corrected chi connectivity index (χ0v) is 11.4. The molecule has 0 aromatic carbocycles. The molecule has 0 aliphatic heterocycles. The van der Waals surface area contributed by atoms with Crippen LogP contribution in [0.4, 0.5) is 0 Å². The summed E-state index contributed by atoms with van der Waals surface area (Å²) in [6.07, 6.45) is 1.34. The Morgan fingerprint density at radius 3 is 2.56 bits per heavy atom. The lowest BCUT2D eigenvalue weighted by Crippen LogP contribution is -2.25. The molecule has 0 fully saturated rings. The van der Waals surface area contributed by atoms with Crippen molar-refractivity contribution < 1.29 is 17.9 Å². The zero-order chi connectivity index (χ0) is 13.9. The number of primary sulfonamides is 1. The molecule has 8 heteroatoms. The van der Waals surface area contributed by atoms with E-state index in [1.165, 1.54) is 28.8 Å². The monoisotopic (exact) mass is 275 g/mol. The average Bonchev–Trinajstić information content (AvgIpc) is 2.68. The Morgan fingerprint density at radius 1 is 1.50 bits per heavy atom. The molecule has 1 aromatic heterocycles. The predicted octanol–water partition coefficient (Wildman–Crippen LogP) is -0.516. The molecule has 0 saturated carbocycles. The molecular formula is C10H17N3O4S. The molecule has 0 saturated heterocycles. The van der Waals surface area contributed by atoms with Crippen LogP contribution in [0.1, 0.15) is 10.5 Å². The first-order valence-electron chi connectivity index (χ1n) is 5.21. The fraction of sp³-hybridized carbons (Fsp3) is 0.500. The van der Waals surface area contributed by atoms with Gasteiger partial charge in [0.2, 0.25) is 10.0 Å². The van der Waals surface area contributed by atoms with Crippen LogP contribution in [0.2, 0.25) is 0 Å². The Labute approximate surface area is 106 Å². The van der Waals surface area contributed by atoms with Gasteiger partial charge in [-0.15, -0.1) is 0 Å². The smallest absolute Gasteiger partial charge is 0.270 e. The molecule has 1 amide bonds. The molecular weight excluding hydrogens is 258 g/mol. The van der Waals surface area contributed by atoms with Crippen LogP contribution in [-0.4, -0.2) is 51.6 Å². The zero-order valence-electron chi connectivity index (χ0n) is 10.6. The van der Waals surface area contributed by atoms with Gasteiger partial charge in [0, 0.05) is 33.9 Å². The number of rotatable bonds is 5. The van der Waals surface area contributed by atoms with Crippen LogP contribution in [0, 0.1) is 0 Å². The normalized spacial score (nSPS) is 11.6. The number of sulfonamides is 1. The Morgan fingerprint density at radius 2 is 2.11 bits per heavy atom. The van der Waals surface area contributed by atoms with Gasteiger partial charge in [-0.2, -0.15) is 0 Å². The summed E-state index contributed by atoms with van der Waals surface area (Å²) in [5.41, 5.74) is 0.265. The van der Waals surface area contributed by atoms with Crippen LogP contribution in [-0.2, 0) is 21.3 Å². The quantitative estimate of drug-likeness (QED) is 0.782. The first-order valence-corrected chi connectivity index (χ1v) is 6.75. The number of carbonyl (C=O) groups is 1. The maximum Gasteiger partial charge on any atom is 0.270 e. The Hall–Kier alpha value is -1.38. The number of nitrogens with zero attached hydrogens (tertiary/aromatic N) is 2. The number of ether oxygens (including phenoxy) is 1. The molecule has 0 spiro atoms. The van der Waals surface area contributed by atoms with E-state index < -0.39 is 10.0 Å². The maximum absolute atomic E-state index is 11.9. The van der Waals surface area contributed by atoms with Crippen molar-refractivity contribution in [1.82, 2.24) is 9.47 Å². The molecule has 1 heterocycles. The first-order chi connectivity index (χ1) is 8.27. The fourth-order valence-electron chi connectivity index (χ4n) is 1.42. The van der Waals surface area contributed by atoms with Crippen molar-refractivity contribution in [2.45, 2.75) is 11.4 Å². The van der Waals surface area contributed by atoms with Crippen molar-refractivity contribution in [2.75, 3.05) is 27.8 Å². The largest absolute Gasteiger partial charge is 0.383 e. The molecule has 1 aromatic rings. The van der Waals surface area contributed by atoms with Gasteiger partial charge in [0.15, 0.2) is 0 Å². The van der Waals surface area contributed by atoms with Gasteiger partial charge in [-0.1, -0.05) is 0 Å². The molecule has 102 valence electrons. The third-order valence-corrected chi connectivity index (χ3v) is 3.24. The second kappa shape index (κ2) is 5.51. The van der Waals surface area contributed by atoms with E-state index in [1.54, 1.807) is 14.1 Å². The lowest BCUT2D eigenvalue weighted by atomic mass is 10.4. The van der Waals surface area contributed by atoms with E-state index in [-0.39, 0.29) is 16.5 Å². The summed E-state index contributed by atoms with van der Waals surface area (Å²) in [5.74, 6) is -0.291. The SMILES string of the molecule is COCCn1cc(S(N)(=O)=O)cc1C(=O)N(C)C. The number of amides is 1. The van der Waals surface area contributed by atoms with Crippen LogP contribution in [0.3, 0.4) is 0 Å². The van der Waals surface area contributed by atoms with Crippen LogP contribution in [0.25, 0.3) is 0 Å². The van der Waals surface area contributed by atoms with Gasteiger partial charge in [-0.3, -0.25) is 4.79 Å². The van der Waals surface area contributed by atoms with E-state index in [0.29, 0.717) is 13.2 Å². The van der Waals surface area contributed by atoms with Crippen molar-refractivity contribution in [3.63, 3.8) is 0 Å². The number of hydrogen-bond donors (Lipinski definition) is 1. The minimum atomic E-state index is -3.82. The minimum absolute atomic E-state index is 0.0798. The molecule has 0 radical (unpaired) electrons. The Bertz CT molecular complexity index is 533. The molecule has 0 bridgehead atoms. The van der Waals surface area contributed by atoms with Gasteiger partial charge in [0.25, 0.3) is 5.91 Å². The van der Waals surface area contributed by atoms with Crippen molar-refractivity contribution in [1.29, 1.82) is 0 Å². The van der Waals surface area contributed by atoms with Gasteiger partial charge in [-0.05, 0) is 6.07 Å². The second-order valence-corrected chi connectivity index (χ2v) is 5.55. The molecule has 0 aliphatic rings. The third-order valence-electron chi connectivity index (χ3n) is 2.36. The first kappa shape index (κ1) is 14.7. The number of carbonyl (C=O) groups excluding carboxylic acids is 1. The summed E-state index contributed by atoms with van der Waals surface area (Å²) in [7, 11) is 0.884. The van der Waals surface area contributed by atoms with E-state index in [1.807, 2.05) is 0 Å². The van der Waals surface area contributed by atoms with E-state index in [4.69, 9.17) is 9.88 Å². The Kier molecular flexibility index (Phi) is 4.49. The number of aromatic nitrogens is 1. The highest BCUT2D eigenvalue weighted by molar-refractivity contribution is 7.89. The Balaban J connectivity index is 3.21. The highest BCUT2D eigenvalue weighted by atomic mass is 32.2. The summed E-state index contributed by atoms with van der Waals surface area (Å²) in [6, 6.07) is 1.27. The molecule has 2 N–H and O–H groups in total. The average molecular weight is 275 g/mol. The molecule has 0 unspecified atom stereocenters. The lowest BCUT2D eigenvalue weighted by molar-refractivity contribution is 0.0814. The van der Waals surface area contributed by atoms with Crippen LogP contribution < -0.4 is 5.14 Å². The molecule has 0 atom stereocenters. The minimum Gasteiger partial charge on any atom is -0.383 e. The van der Waals surface area contributed by atoms with Crippen molar-refractivity contribution in [3.8, 4) is 0 Å². The predicted molar refractivity (Wildman–Crippen MR) is 65.7 cm³/mol. The van der Waals surface area contributed by atoms with E-state index in [2.05, 4.69) is 0 Å². The highest BCUT2D eigenvalue weighted by Crippen LogP contribution is 2.14. The summed E-state index contributed by atoms with van der Waals surface area (Å²) < 4.78 is 29.0. The fourth-order valence-corrected chi connectivity index (χ4v) is 1.97. The van der Waals surface area contributed by atoms with Crippen LogP contribution in [0.5, 0.6) is 0 Å². The summed E-state index contributed by atoms with van der Waals surface area (Å²) in [4.78, 5) is 13.2. The number of nitrogens with two attached hydrogens (primary N) is 1. The third kappa shape index (κ3) is 3.31. The number of hydrogen-bond acceptors (Lipinski definition) is 4. The van der Waals surface area contributed by atoms with Gasteiger partial charge < -0.3 is 14.2 Å². The molecule has 7 nitrogen and oxygen atoms in total. The highest BCUT2D eigenvalue weighted by Gasteiger charge is 2.19. The van der Waals surface area contributed by atoms with Crippen LogP contribution >= 0.6 is 0 Å². The topological polar surface area (TPSA) is 94.6 Å². The summed E-state index contributed by atoms with van der Waals surface area (Å²) in [6.45, 7) is 0.743. The van der Waals surface area contributed by atoms with E-state index in [0.717, 1.165) is 0 Å². The van der Waals surface area contributed by atoms with E-state index in [9.17, 15) is 13.2 Å².